The molecule has 1 fully saturated rings. The Labute approximate surface area is 155 Å². The van der Waals surface area contributed by atoms with Gasteiger partial charge < -0.3 is 9.80 Å². The first-order chi connectivity index (χ1) is 12.1. The monoisotopic (exact) mass is 398 g/mol. The first-order valence-electron chi connectivity index (χ1n) is 8.20. The second-order valence-electron chi connectivity index (χ2n) is 5.87. The van der Waals surface area contributed by atoms with Gasteiger partial charge in [-0.3, -0.25) is 9.59 Å². The van der Waals surface area contributed by atoms with Crippen LogP contribution in [-0.4, -0.2) is 47.8 Å². The number of carbonyl (C=O) groups excluding carboxylic acids is 2. The second kappa shape index (κ2) is 8.12. The van der Waals surface area contributed by atoms with Gasteiger partial charge >= 0.3 is 0 Å². The summed E-state index contributed by atoms with van der Waals surface area (Å²) in [6.07, 6.45) is 3.41. The van der Waals surface area contributed by atoms with Crippen molar-refractivity contribution in [3.63, 3.8) is 0 Å². The fourth-order valence-electron chi connectivity index (χ4n) is 2.74. The zero-order valence-corrected chi connectivity index (χ0v) is 15.4. The van der Waals surface area contributed by atoms with Crippen molar-refractivity contribution >= 4 is 33.8 Å². The third-order valence-corrected chi connectivity index (χ3v) is 4.72. The smallest absolute Gasteiger partial charge is 0.253 e. The molecule has 1 aliphatic rings. The lowest BCUT2D eigenvalue weighted by Gasteiger charge is -2.34. The quantitative estimate of drug-likeness (QED) is 0.742. The van der Waals surface area contributed by atoms with Crippen LogP contribution < -0.4 is 0 Å². The average Bonchev–Trinajstić information content (AvgIpc) is 2.67. The van der Waals surface area contributed by atoms with E-state index in [-0.39, 0.29) is 11.8 Å². The Morgan fingerprint density at radius 3 is 2.08 bits per heavy atom. The van der Waals surface area contributed by atoms with Crippen LogP contribution in [0.1, 0.15) is 15.9 Å². The molecular formula is C20H19BrN2O2. The number of rotatable bonds is 3. The van der Waals surface area contributed by atoms with Gasteiger partial charge in [0.1, 0.15) is 0 Å². The van der Waals surface area contributed by atoms with Crippen LogP contribution in [0.3, 0.4) is 0 Å². The predicted molar refractivity (Wildman–Crippen MR) is 102 cm³/mol. The summed E-state index contributed by atoms with van der Waals surface area (Å²) in [7, 11) is 0. The molecule has 0 saturated carbocycles. The van der Waals surface area contributed by atoms with Crippen LogP contribution in [0.2, 0.25) is 0 Å². The third-order valence-electron chi connectivity index (χ3n) is 4.19. The molecule has 2 amide bonds. The van der Waals surface area contributed by atoms with Gasteiger partial charge in [0.25, 0.3) is 5.91 Å². The van der Waals surface area contributed by atoms with E-state index in [1.165, 1.54) is 0 Å². The van der Waals surface area contributed by atoms with Crippen molar-refractivity contribution in [2.24, 2.45) is 0 Å². The summed E-state index contributed by atoms with van der Waals surface area (Å²) in [5.41, 5.74) is 1.67. The lowest BCUT2D eigenvalue weighted by molar-refractivity contribution is -0.127. The molecule has 0 aromatic heterocycles. The molecule has 4 nitrogen and oxygen atoms in total. The lowest BCUT2D eigenvalue weighted by atomic mass is 10.2. The molecule has 128 valence electrons. The molecule has 1 saturated heterocycles. The van der Waals surface area contributed by atoms with Gasteiger partial charge in [-0.25, -0.2) is 0 Å². The number of hydrogen-bond donors (Lipinski definition) is 0. The largest absolute Gasteiger partial charge is 0.336 e. The van der Waals surface area contributed by atoms with Gasteiger partial charge in [-0.05, 0) is 35.9 Å². The highest BCUT2D eigenvalue weighted by Crippen LogP contribution is 2.12. The predicted octanol–water partition coefficient (Wildman–Crippen LogP) is 3.45. The van der Waals surface area contributed by atoms with Gasteiger partial charge in [0.05, 0.1) is 0 Å². The minimum Gasteiger partial charge on any atom is -0.336 e. The van der Waals surface area contributed by atoms with Crippen LogP contribution in [0.25, 0.3) is 6.08 Å². The Hall–Kier alpha value is -2.40. The molecule has 0 N–H and O–H groups in total. The van der Waals surface area contributed by atoms with Crippen LogP contribution in [0.5, 0.6) is 0 Å². The molecule has 0 unspecified atom stereocenters. The molecule has 25 heavy (non-hydrogen) atoms. The van der Waals surface area contributed by atoms with Crippen molar-refractivity contribution in [3.05, 3.63) is 76.3 Å². The highest BCUT2D eigenvalue weighted by Gasteiger charge is 2.23. The summed E-state index contributed by atoms with van der Waals surface area (Å²) in [6, 6.07) is 17.0. The number of halogens is 1. The maximum atomic E-state index is 12.4. The summed E-state index contributed by atoms with van der Waals surface area (Å²) in [5.74, 6) is 0.00725. The molecule has 2 aromatic carbocycles. The number of hydrogen-bond acceptors (Lipinski definition) is 2. The van der Waals surface area contributed by atoms with Crippen molar-refractivity contribution in [3.8, 4) is 0 Å². The van der Waals surface area contributed by atoms with E-state index in [9.17, 15) is 9.59 Å². The van der Waals surface area contributed by atoms with Gasteiger partial charge in [0.2, 0.25) is 5.91 Å². The topological polar surface area (TPSA) is 40.6 Å². The molecule has 0 aliphatic carbocycles. The molecule has 0 atom stereocenters. The van der Waals surface area contributed by atoms with Gasteiger partial charge in [-0.1, -0.05) is 46.3 Å². The molecule has 1 aliphatic heterocycles. The van der Waals surface area contributed by atoms with Crippen molar-refractivity contribution in [1.82, 2.24) is 9.80 Å². The fraction of sp³-hybridized carbons (Fsp3) is 0.200. The van der Waals surface area contributed by atoms with Crippen molar-refractivity contribution in [1.29, 1.82) is 0 Å². The maximum Gasteiger partial charge on any atom is 0.253 e. The van der Waals surface area contributed by atoms with Crippen LogP contribution in [0.15, 0.2) is 65.1 Å². The Morgan fingerprint density at radius 2 is 1.44 bits per heavy atom. The summed E-state index contributed by atoms with van der Waals surface area (Å²) >= 11 is 3.39. The third kappa shape index (κ3) is 4.57. The molecule has 5 heteroatoms. The number of carbonyl (C=O) groups is 2. The SMILES string of the molecule is O=C(/C=C/c1ccc(Br)cc1)N1CCN(C(=O)c2ccccc2)CC1. The zero-order valence-electron chi connectivity index (χ0n) is 13.8. The Bertz CT molecular complexity index is 764. The van der Waals surface area contributed by atoms with E-state index < -0.39 is 0 Å². The van der Waals surface area contributed by atoms with E-state index in [4.69, 9.17) is 0 Å². The van der Waals surface area contributed by atoms with E-state index in [0.717, 1.165) is 10.0 Å². The highest BCUT2D eigenvalue weighted by molar-refractivity contribution is 9.10. The molecular weight excluding hydrogens is 380 g/mol. The maximum absolute atomic E-state index is 12.4. The molecule has 0 bridgehead atoms. The summed E-state index contributed by atoms with van der Waals surface area (Å²) < 4.78 is 1.01. The van der Waals surface area contributed by atoms with Crippen LogP contribution in [0.4, 0.5) is 0 Å². The fourth-order valence-corrected chi connectivity index (χ4v) is 3.00. The summed E-state index contributed by atoms with van der Waals surface area (Å²) in [5, 5.41) is 0. The van der Waals surface area contributed by atoms with E-state index in [2.05, 4.69) is 15.9 Å². The number of piperazine rings is 1. The van der Waals surface area contributed by atoms with Gasteiger partial charge in [-0.15, -0.1) is 0 Å². The van der Waals surface area contributed by atoms with Crippen LogP contribution >= 0.6 is 15.9 Å². The van der Waals surface area contributed by atoms with E-state index in [1.807, 2.05) is 60.7 Å². The molecule has 0 spiro atoms. The van der Waals surface area contributed by atoms with Crippen molar-refractivity contribution in [2.45, 2.75) is 0 Å². The standard InChI is InChI=1S/C20H19BrN2O2/c21-18-9-6-16(7-10-18)8-11-19(24)22-12-14-23(15-13-22)20(25)17-4-2-1-3-5-17/h1-11H,12-15H2/b11-8+. The molecule has 0 radical (unpaired) electrons. The van der Waals surface area contributed by atoms with Crippen molar-refractivity contribution in [2.75, 3.05) is 26.2 Å². The first kappa shape index (κ1) is 17.4. The summed E-state index contributed by atoms with van der Waals surface area (Å²) in [4.78, 5) is 28.3. The molecule has 3 rings (SSSR count). The van der Waals surface area contributed by atoms with Crippen LogP contribution in [0, 0.1) is 0 Å². The lowest BCUT2D eigenvalue weighted by Crippen LogP contribution is -2.50. The van der Waals surface area contributed by atoms with Gasteiger partial charge in [0, 0.05) is 42.3 Å². The first-order valence-corrected chi connectivity index (χ1v) is 9.00. The van der Waals surface area contributed by atoms with Gasteiger partial charge in [-0.2, -0.15) is 0 Å². The van der Waals surface area contributed by atoms with E-state index >= 15 is 0 Å². The minimum absolute atomic E-state index is 0.0188. The Balaban J connectivity index is 1.54. The number of benzene rings is 2. The van der Waals surface area contributed by atoms with Crippen molar-refractivity contribution < 1.29 is 9.59 Å². The Kier molecular flexibility index (Phi) is 5.66. The minimum atomic E-state index is -0.0188. The molecule has 2 aromatic rings. The normalized spacial score (nSPS) is 14.8. The number of nitrogens with zero attached hydrogens (tertiary/aromatic N) is 2. The number of amides is 2. The van der Waals surface area contributed by atoms with E-state index in [1.54, 1.807) is 15.9 Å². The average molecular weight is 399 g/mol. The Morgan fingerprint density at radius 1 is 0.840 bits per heavy atom. The van der Waals surface area contributed by atoms with Gasteiger partial charge in [0.15, 0.2) is 0 Å². The zero-order chi connectivity index (χ0) is 17.6. The highest BCUT2D eigenvalue weighted by atomic mass is 79.9. The van der Waals surface area contributed by atoms with Crippen LogP contribution in [-0.2, 0) is 4.79 Å². The molecule has 1 heterocycles. The van der Waals surface area contributed by atoms with E-state index in [0.29, 0.717) is 31.7 Å². The summed E-state index contributed by atoms with van der Waals surface area (Å²) in [6.45, 7) is 2.24. The second-order valence-corrected chi connectivity index (χ2v) is 6.78.